The first-order valence-electron chi connectivity index (χ1n) is 6.81. The van der Waals surface area contributed by atoms with Crippen molar-refractivity contribution in [2.45, 2.75) is 38.2 Å². The van der Waals surface area contributed by atoms with Crippen molar-refractivity contribution >= 4 is 11.8 Å². The predicted molar refractivity (Wildman–Crippen MR) is 72.5 cm³/mol. The lowest BCUT2D eigenvalue weighted by atomic mass is 9.98. The SMILES string of the molecule is O=C(O)c1cccc(NCCOC2CCCCC2)n1. The molecule has 0 saturated heterocycles. The molecule has 0 spiro atoms. The van der Waals surface area contributed by atoms with Gasteiger partial charge in [-0.1, -0.05) is 25.3 Å². The Labute approximate surface area is 113 Å². The van der Waals surface area contributed by atoms with Gasteiger partial charge in [-0.2, -0.15) is 0 Å². The summed E-state index contributed by atoms with van der Waals surface area (Å²) in [5, 5.41) is 11.9. The van der Waals surface area contributed by atoms with E-state index in [1.54, 1.807) is 12.1 Å². The fourth-order valence-corrected chi connectivity index (χ4v) is 2.29. The first-order chi connectivity index (χ1) is 9.25. The maximum absolute atomic E-state index is 10.8. The standard InChI is InChI=1S/C14H20N2O3/c17-14(18)12-7-4-8-13(16-12)15-9-10-19-11-5-2-1-3-6-11/h4,7-8,11H,1-3,5-6,9-10H2,(H,15,16)(H,17,18). The van der Waals surface area contributed by atoms with Crippen LogP contribution < -0.4 is 5.32 Å². The summed E-state index contributed by atoms with van der Waals surface area (Å²) in [4.78, 5) is 14.8. The van der Waals surface area contributed by atoms with Crippen molar-refractivity contribution in [3.8, 4) is 0 Å². The number of nitrogens with zero attached hydrogens (tertiary/aromatic N) is 1. The second-order valence-electron chi connectivity index (χ2n) is 4.77. The Morgan fingerprint density at radius 1 is 1.37 bits per heavy atom. The van der Waals surface area contributed by atoms with Crippen LogP contribution in [0.5, 0.6) is 0 Å². The summed E-state index contributed by atoms with van der Waals surface area (Å²) in [6, 6.07) is 4.92. The minimum atomic E-state index is -1.01. The van der Waals surface area contributed by atoms with Crippen LogP contribution in [0.2, 0.25) is 0 Å². The van der Waals surface area contributed by atoms with Crippen molar-refractivity contribution in [1.82, 2.24) is 4.98 Å². The van der Waals surface area contributed by atoms with Crippen LogP contribution >= 0.6 is 0 Å². The van der Waals surface area contributed by atoms with E-state index in [0.29, 0.717) is 25.1 Å². The lowest BCUT2D eigenvalue weighted by Crippen LogP contribution is -2.20. The molecule has 0 unspecified atom stereocenters. The molecule has 0 radical (unpaired) electrons. The zero-order valence-corrected chi connectivity index (χ0v) is 11.0. The number of aromatic carboxylic acids is 1. The van der Waals surface area contributed by atoms with Crippen LogP contribution in [-0.4, -0.2) is 35.3 Å². The zero-order chi connectivity index (χ0) is 13.5. The number of carbonyl (C=O) groups is 1. The van der Waals surface area contributed by atoms with Gasteiger partial charge in [0.1, 0.15) is 5.82 Å². The highest BCUT2D eigenvalue weighted by atomic mass is 16.5. The fourth-order valence-electron chi connectivity index (χ4n) is 2.29. The summed E-state index contributed by atoms with van der Waals surface area (Å²) in [7, 11) is 0. The molecule has 2 rings (SSSR count). The molecule has 5 heteroatoms. The van der Waals surface area contributed by atoms with Gasteiger partial charge in [0, 0.05) is 6.54 Å². The van der Waals surface area contributed by atoms with Crippen molar-refractivity contribution in [3.63, 3.8) is 0 Å². The molecular formula is C14H20N2O3. The van der Waals surface area contributed by atoms with Gasteiger partial charge in [0.25, 0.3) is 0 Å². The molecule has 1 heterocycles. The van der Waals surface area contributed by atoms with Gasteiger partial charge in [0.15, 0.2) is 5.69 Å². The van der Waals surface area contributed by atoms with Gasteiger partial charge >= 0.3 is 5.97 Å². The van der Waals surface area contributed by atoms with E-state index < -0.39 is 5.97 Å². The molecule has 1 aromatic heterocycles. The summed E-state index contributed by atoms with van der Waals surface area (Å²) in [5.41, 5.74) is 0.0539. The minimum Gasteiger partial charge on any atom is -0.477 e. The van der Waals surface area contributed by atoms with E-state index in [1.165, 1.54) is 25.3 Å². The first-order valence-corrected chi connectivity index (χ1v) is 6.81. The van der Waals surface area contributed by atoms with Crippen LogP contribution in [0.15, 0.2) is 18.2 Å². The Balaban J connectivity index is 1.70. The van der Waals surface area contributed by atoms with Crippen LogP contribution in [0.3, 0.4) is 0 Å². The molecule has 0 amide bonds. The number of nitrogens with one attached hydrogen (secondary N) is 1. The van der Waals surface area contributed by atoms with Gasteiger partial charge in [-0.25, -0.2) is 9.78 Å². The first kappa shape index (κ1) is 13.8. The minimum absolute atomic E-state index is 0.0539. The Bertz CT molecular complexity index is 417. The largest absolute Gasteiger partial charge is 0.477 e. The Hall–Kier alpha value is -1.62. The van der Waals surface area contributed by atoms with Crippen LogP contribution in [0.4, 0.5) is 5.82 Å². The number of pyridine rings is 1. The van der Waals surface area contributed by atoms with Gasteiger partial charge in [0.05, 0.1) is 12.7 Å². The number of anilines is 1. The molecule has 1 saturated carbocycles. The quantitative estimate of drug-likeness (QED) is 0.773. The molecule has 1 aromatic rings. The second-order valence-corrected chi connectivity index (χ2v) is 4.77. The van der Waals surface area contributed by atoms with E-state index >= 15 is 0 Å². The summed E-state index contributed by atoms with van der Waals surface area (Å²) in [6.07, 6.45) is 6.57. The smallest absolute Gasteiger partial charge is 0.354 e. The molecule has 0 atom stereocenters. The van der Waals surface area contributed by atoms with Gasteiger partial charge in [-0.15, -0.1) is 0 Å². The van der Waals surface area contributed by atoms with Crippen molar-refractivity contribution in [3.05, 3.63) is 23.9 Å². The molecule has 0 bridgehead atoms. The number of aromatic nitrogens is 1. The maximum atomic E-state index is 10.8. The monoisotopic (exact) mass is 264 g/mol. The maximum Gasteiger partial charge on any atom is 0.354 e. The third-order valence-electron chi connectivity index (χ3n) is 3.28. The van der Waals surface area contributed by atoms with Crippen LogP contribution in [0, 0.1) is 0 Å². The highest BCUT2D eigenvalue weighted by molar-refractivity contribution is 5.85. The Kier molecular flexibility index (Phi) is 5.15. The van der Waals surface area contributed by atoms with Gasteiger partial charge in [-0.3, -0.25) is 0 Å². The van der Waals surface area contributed by atoms with E-state index in [-0.39, 0.29) is 5.69 Å². The van der Waals surface area contributed by atoms with Gasteiger partial charge in [0.2, 0.25) is 0 Å². The highest BCUT2D eigenvalue weighted by Gasteiger charge is 2.13. The molecule has 1 aliphatic carbocycles. The number of rotatable bonds is 6. The van der Waals surface area contributed by atoms with Crippen LogP contribution in [0.1, 0.15) is 42.6 Å². The zero-order valence-electron chi connectivity index (χ0n) is 11.0. The Morgan fingerprint density at radius 2 is 2.16 bits per heavy atom. The molecule has 2 N–H and O–H groups in total. The fraction of sp³-hybridized carbons (Fsp3) is 0.571. The third kappa shape index (κ3) is 4.52. The molecular weight excluding hydrogens is 244 g/mol. The normalized spacial score (nSPS) is 16.2. The number of hydrogen-bond donors (Lipinski definition) is 2. The van der Waals surface area contributed by atoms with Crippen LogP contribution in [-0.2, 0) is 4.74 Å². The number of hydrogen-bond acceptors (Lipinski definition) is 4. The predicted octanol–water partition coefficient (Wildman–Crippen LogP) is 2.54. The lowest BCUT2D eigenvalue weighted by Gasteiger charge is -2.22. The van der Waals surface area contributed by atoms with E-state index in [1.807, 2.05) is 0 Å². The lowest BCUT2D eigenvalue weighted by molar-refractivity contribution is 0.0347. The van der Waals surface area contributed by atoms with Crippen molar-refractivity contribution < 1.29 is 14.6 Å². The average molecular weight is 264 g/mol. The Morgan fingerprint density at radius 3 is 2.89 bits per heavy atom. The van der Waals surface area contributed by atoms with Crippen molar-refractivity contribution in [2.75, 3.05) is 18.5 Å². The molecule has 1 fully saturated rings. The summed E-state index contributed by atoms with van der Waals surface area (Å²) in [6.45, 7) is 1.27. The molecule has 0 aromatic carbocycles. The molecule has 19 heavy (non-hydrogen) atoms. The summed E-state index contributed by atoms with van der Waals surface area (Å²) >= 11 is 0. The number of carboxylic acid groups (broad SMARTS) is 1. The van der Waals surface area contributed by atoms with Gasteiger partial charge in [-0.05, 0) is 25.0 Å². The average Bonchev–Trinajstić information content (AvgIpc) is 2.45. The summed E-state index contributed by atoms with van der Waals surface area (Å²) in [5.74, 6) is -0.436. The molecule has 5 nitrogen and oxygen atoms in total. The number of ether oxygens (including phenoxy) is 1. The van der Waals surface area contributed by atoms with E-state index in [4.69, 9.17) is 9.84 Å². The summed E-state index contributed by atoms with van der Waals surface area (Å²) < 4.78 is 5.78. The van der Waals surface area contributed by atoms with E-state index in [2.05, 4.69) is 10.3 Å². The second kappa shape index (κ2) is 7.09. The number of carboxylic acids is 1. The van der Waals surface area contributed by atoms with Crippen molar-refractivity contribution in [1.29, 1.82) is 0 Å². The molecule has 104 valence electrons. The highest BCUT2D eigenvalue weighted by Crippen LogP contribution is 2.19. The van der Waals surface area contributed by atoms with E-state index in [0.717, 1.165) is 12.8 Å². The molecule has 0 aliphatic heterocycles. The van der Waals surface area contributed by atoms with E-state index in [9.17, 15) is 4.79 Å². The molecule has 1 aliphatic rings. The topological polar surface area (TPSA) is 71.5 Å². The van der Waals surface area contributed by atoms with Gasteiger partial charge < -0.3 is 15.2 Å². The third-order valence-corrected chi connectivity index (χ3v) is 3.28. The van der Waals surface area contributed by atoms with Crippen LogP contribution in [0.25, 0.3) is 0 Å². The van der Waals surface area contributed by atoms with Crippen molar-refractivity contribution in [2.24, 2.45) is 0 Å².